The maximum absolute atomic E-state index is 9.37. The van der Waals surface area contributed by atoms with E-state index in [1.54, 1.807) is 6.92 Å². The van der Waals surface area contributed by atoms with Gasteiger partial charge in [-0.2, -0.15) is 0 Å². The van der Waals surface area contributed by atoms with Crippen LogP contribution in [0.5, 0.6) is 0 Å². The summed E-state index contributed by atoms with van der Waals surface area (Å²) >= 11 is 1.94. The van der Waals surface area contributed by atoms with E-state index in [0.29, 0.717) is 0 Å². The molecule has 2 rings (SSSR count). The molecule has 0 bridgehead atoms. The first-order chi connectivity index (χ1) is 7.25. The number of hydrogen-bond donors (Lipinski definition) is 1. The molecule has 1 fully saturated rings. The molecule has 0 aliphatic heterocycles. The number of thioether (sulfide) groups is 1. The molecule has 1 atom stereocenters. The third kappa shape index (κ3) is 2.99. The van der Waals surface area contributed by atoms with E-state index in [1.807, 2.05) is 23.9 Å². The van der Waals surface area contributed by atoms with E-state index >= 15 is 0 Å². The molecule has 2 heteroatoms. The van der Waals surface area contributed by atoms with Gasteiger partial charge >= 0.3 is 0 Å². The monoisotopic (exact) mass is 222 g/mol. The van der Waals surface area contributed by atoms with Crippen molar-refractivity contribution >= 4 is 11.8 Å². The molecule has 1 nitrogen and oxygen atoms in total. The van der Waals surface area contributed by atoms with Gasteiger partial charge in [-0.1, -0.05) is 18.6 Å². The molecule has 1 saturated carbocycles. The second kappa shape index (κ2) is 5.04. The lowest BCUT2D eigenvalue weighted by atomic mass is 9.87. The number of aliphatic hydroxyl groups excluding tert-OH is 1. The van der Waals surface area contributed by atoms with Gasteiger partial charge in [-0.3, -0.25) is 0 Å². The Labute approximate surface area is 95.9 Å². The largest absolute Gasteiger partial charge is 0.389 e. The molecular weight excluding hydrogens is 204 g/mol. The van der Waals surface area contributed by atoms with Crippen LogP contribution >= 0.6 is 11.8 Å². The van der Waals surface area contributed by atoms with Crippen LogP contribution < -0.4 is 0 Å². The van der Waals surface area contributed by atoms with Crippen molar-refractivity contribution in [3.63, 3.8) is 0 Å². The molecule has 0 amide bonds. The predicted molar refractivity (Wildman–Crippen MR) is 65.1 cm³/mol. The Bertz CT molecular complexity index is 301. The van der Waals surface area contributed by atoms with E-state index in [-0.39, 0.29) is 6.10 Å². The molecule has 15 heavy (non-hydrogen) atoms. The van der Waals surface area contributed by atoms with Crippen molar-refractivity contribution in [3.8, 4) is 0 Å². The topological polar surface area (TPSA) is 20.2 Å². The van der Waals surface area contributed by atoms with Crippen LogP contribution in [0.15, 0.2) is 29.2 Å². The molecule has 1 aromatic rings. The third-order valence-corrected chi connectivity index (χ3v) is 4.32. The van der Waals surface area contributed by atoms with Crippen LogP contribution in [-0.4, -0.2) is 10.9 Å². The smallest absolute Gasteiger partial charge is 0.0761 e. The molecule has 1 aromatic carbocycles. The quantitative estimate of drug-likeness (QED) is 0.785. The van der Waals surface area contributed by atoms with E-state index in [1.165, 1.54) is 29.9 Å². The van der Waals surface area contributed by atoms with Crippen molar-refractivity contribution in [1.29, 1.82) is 0 Å². The molecule has 1 N–H and O–H groups in total. The molecule has 0 radical (unpaired) electrons. The van der Waals surface area contributed by atoms with Gasteiger partial charge in [-0.05, 0) is 43.4 Å². The first-order valence-electron chi connectivity index (χ1n) is 5.66. The highest BCUT2D eigenvalue weighted by atomic mass is 32.2. The Kier molecular flexibility index (Phi) is 3.71. The second-order valence-electron chi connectivity index (χ2n) is 4.35. The average Bonchev–Trinajstić information content (AvgIpc) is 2.16. The Balaban J connectivity index is 1.86. The van der Waals surface area contributed by atoms with E-state index in [4.69, 9.17) is 0 Å². The number of rotatable bonds is 4. The van der Waals surface area contributed by atoms with Crippen molar-refractivity contribution in [1.82, 2.24) is 0 Å². The van der Waals surface area contributed by atoms with Crippen LogP contribution in [0.3, 0.4) is 0 Å². The highest BCUT2D eigenvalue weighted by Crippen LogP contribution is 2.32. The molecule has 0 heterocycles. The summed E-state index contributed by atoms with van der Waals surface area (Å²) in [5.41, 5.74) is 1.00. The first kappa shape index (κ1) is 11.0. The van der Waals surface area contributed by atoms with Gasteiger partial charge < -0.3 is 5.11 Å². The Morgan fingerprint density at radius 3 is 2.47 bits per heavy atom. The average molecular weight is 222 g/mol. The lowest BCUT2D eigenvalue weighted by Gasteiger charge is -2.24. The van der Waals surface area contributed by atoms with Crippen LogP contribution in [-0.2, 0) is 0 Å². The van der Waals surface area contributed by atoms with Crippen molar-refractivity contribution in [2.24, 2.45) is 5.92 Å². The summed E-state index contributed by atoms with van der Waals surface area (Å²) in [5, 5.41) is 9.37. The second-order valence-corrected chi connectivity index (χ2v) is 5.45. The van der Waals surface area contributed by atoms with Gasteiger partial charge in [0.2, 0.25) is 0 Å². The maximum Gasteiger partial charge on any atom is 0.0761 e. The molecule has 0 spiro atoms. The summed E-state index contributed by atoms with van der Waals surface area (Å²) in [6, 6.07) is 8.28. The predicted octanol–water partition coefficient (Wildman–Crippen LogP) is 3.63. The van der Waals surface area contributed by atoms with E-state index in [2.05, 4.69) is 12.1 Å². The van der Waals surface area contributed by atoms with Gasteiger partial charge in [0, 0.05) is 10.6 Å². The molecular formula is C13H18OS. The van der Waals surface area contributed by atoms with Gasteiger partial charge in [0.15, 0.2) is 0 Å². The lowest BCUT2D eigenvalue weighted by molar-refractivity contribution is 0.199. The zero-order valence-electron chi connectivity index (χ0n) is 9.15. The van der Waals surface area contributed by atoms with Crippen molar-refractivity contribution < 1.29 is 5.11 Å². The molecule has 1 aliphatic carbocycles. The summed E-state index contributed by atoms with van der Waals surface area (Å²) in [4.78, 5) is 1.33. The molecule has 82 valence electrons. The molecule has 1 unspecified atom stereocenters. The van der Waals surface area contributed by atoms with Gasteiger partial charge in [-0.15, -0.1) is 11.8 Å². The minimum Gasteiger partial charge on any atom is -0.389 e. The zero-order chi connectivity index (χ0) is 10.7. The lowest BCUT2D eigenvalue weighted by Crippen LogP contribution is -2.13. The van der Waals surface area contributed by atoms with Gasteiger partial charge in [0.05, 0.1) is 6.10 Å². The normalized spacial score (nSPS) is 18.5. The van der Waals surface area contributed by atoms with Crippen LogP contribution in [0.4, 0.5) is 0 Å². The highest BCUT2D eigenvalue weighted by molar-refractivity contribution is 7.99. The van der Waals surface area contributed by atoms with Gasteiger partial charge in [-0.25, -0.2) is 0 Å². The van der Waals surface area contributed by atoms with Gasteiger partial charge in [0.1, 0.15) is 0 Å². The fraction of sp³-hybridized carbons (Fsp3) is 0.538. The van der Waals surface area contributed by atoms with Crippen LogP contribution in [0.1, 0.15) is 37.9 Å². The SMILES string of the molecule is CC(O)c1ccc(SCC2CCC2)cc1. The Morgan fingerprint density at radius 2 is 2.00 bits per heavy atom. The molecule has 0 saturated heterocycles. The minimum atomic E-state index is -0.351. The van der Waals surface area contributed by atoms with E-state index in [0.717, 1.165) is 11.5 Å². The van der Waals surface area contributed by atoms with Crippen molar-refractivity contribution in [2.45, 2.75) is 37.2 Å². The number of benzene rings is 1. The molecule has 1 aliphatic rings. The Morgan fingerprint density at radius 1 is 1.33 bits per heavy atom. The summed E-state index contributed by atoms with van der Waals surface area (Å²) in [7, 11) is 0. The fourth-order valence-corrected chi connectivity index (χ4v) is 2.81. The van der Waals surface area contributed by atoms with Crippen molar-refractivity contribution in [3.05, 3.63) is 29.8 Å². The standard InChI is InChI=1S/C13H18OS/c1-10(14)12-5-7-13(8-6-12)15-9-11-3-2-4-11/h5-8,10-11,14H,2-4,9H2,1H3. The maximum atomic E-state index is 9.37. The zero-order valence-corrected chi connectivity index (χ0v) is 9.96. The fourth-order valence-electron chi connectivity index (χ4n) is 1.72. The minimum absolute atomic E-state index is 0.351. The Hall–Kier alpha value is -0.470. The van der Waals surface area contributed by atoms with Crippen LogP contribution in [0.25, 0.3) is 0 Å². The summed E-state index contributed by atoms with van der Waals surface area (Å²) in [5.74, 6) is 2.21. The first-order valence-corrected chi connectivity index (χ1v) is 6.65. The number of aliphatic hydroxyl groups is 1. The summed E-state index contributed by atoms with van der Waals surface area (Å²) in [6.07, 6.45) is 3.90. The number of hydrogen-bond acceptors (Lipinski definition) is 2. The van der Waals surface area contributed by atoms with E-state index < -0.39 is 0 Å². The van der Waals surface area contributed by atoms with Crippen LogP contribution in [0, 0.1) is 5.92 Å². The van der Waals surface area contributed by atoms with Gasteiger partial charge in [0.25, 0.3) is 0 Å². The highest BCUT2D eigenvalue weighted by Gasteiger charge is 2.17. The third-order valence-electron chi connectivity index (χ3n) is 3.07. The molecule has 0 aromatic heterocycles. The van der Waals surface area contributed by atoms with E-state index in [9.17, 15) is 5.11 Å². The van der Waals surface area contributed by atoms with Crippen LogP contribution in [0.2, 0.25) is 0 Å². The van der Waals surface area contributed by atoms with Crippen molar-refractivity contribution in [2.75, 3.05) is 5.75 Å². The summed E-state index contributed by atoms with van der Waals surface area (Å²) < 4.78 is 0. The summed E-state index contributed by atoms with van der Waals surface area (Å²) in [6.45, 7) is 1.80.